The summed E-state index contributed by atoms with van der Waals surface area (Å²) in [6.07, 6.45) is -0.689. The number of para-hydroxylation sites is 1. The zero-order valence-corrected chi connectivity index (χ0v) is 20.4. The van der Waals surface area contributed by atoms with Crippen molar-refractivity contribution in [3.8, 4) is 5.75 Å². The normalized spacial score (nSPS) is 12.2. The van der Waals surface area contributed by atoms with Crippen LogP contribution in [-0.2, 0) is 14.8 Å². The van der Waals surface area contributed by atoms with E-state index in [0.29, 0.717) is 23.9 Å². The van der Waals surface area contributed by atoms with E-state index in [1.54, 1.807) is 31.2 Å². The molecule has 0 aliphatic heterocycles. The smallest absolute Gasteiger partial charge is 0.261 e. The Morgan fingerprint density at radius 1 is 0.909 bits per heavy atom. The van der Waals surface area contributed by atoms with Crippen molar-refractivity contribution in [1.82, 2.24) is 5.32 Å². The van der Waals surface area contributed by atoms with Gasteiger partial charge in [0.05, 0.1) is 10.6 Å². The second-order valence-corrected chi connectivity index (χ2v) is 10.7. The molecule has 1 amide bonds. The summed E-state index contributed by atoms with van der Waals surface area (Å²) in [6.45, 7) is 6.25. The minimum absolute atomic E-state index is 0.103. The Hall–Kier alpha value is -2.97. The molecule has 0 aliphatic carbocycles. The molecule has 0 saturated heterocycles. The van der Waals surface area contributed by atoms with Gasteiger partial charge in [0.2, 0.25) is 0 Å². The van der Waals surface area contributed by atoms with Crippen LogP contribution in [0.2, 0.25) is 0 Å². The molecule has 0 fully saturated rings. The lowest BCUT2D eigenvalue weighted by Crippen LogP contribution is -2.38. The first-order chi connectivity index (χ1) is 15.7. The number of rotatable bonds is 10. The minimum Gasteiger partial charge on any atom is -0.481 e. The first-order valence-electron chi connectivity index (χ1n) is 10.6. The number of benzene rings is 3. The molecule has 3 aromatic carbocycles. The monoisotopic (exact) mass is 484 g/mol. The number of ether oxygens (including phenoxy) is 1. The Kier molecular flexibility index (Phi) is 8.41. The number of hydrogen-bond donors (Lipinski definition) is 2. The lowest BCUT2D eigenvalue weighted by atomic mass is 10.2. The lowest BCUT2D eigenvalue weighted by molar-refractivity contribution is -0.127. The zero-order chi connectivity index (χ0) is 23.8. The Labute approximate surface area is 199 Å². The van der Waals surface area contributed by atoms with Crippen molar-refractivity contribution < 1.29 is 17.9 Å². The van der Waals surface area contributed by atoms with E-state index in [-0.39, 0.29) is 10.8 Å². The molecule has 0 aliphatic rings. The van der Waals surface area contributed by atoms with Gasteiger partial charge in [-0.25, -0.2) is 8.42 Å². The number of carbonyl (C=O) groups is 1. The van der Waals surface area contributed by atoms with E-state index in [1.807, 2.05) is 56.3 Å². The fraction of sp³-hybridized carbons (Fsp3) is 0.240. The standard InChI is InChI=1S/C25H28N2O4S2/c1-18(2)17-26-25(28)19(3)31-20-13-15-22(16-14-20)33(29,30)27-23-11-7-8-12-24(23)32-21-9-5-4-6-10-21/h4-16,18-19,27H,17H2,1-3H3,(H,26,28)/t19-/m0/s1. The quantitative estimate of drug-likeness (QED) is 0.414. The van der Waals surface area contributed by atoms with Crippen molar-refractivity contribution in [3.63, 3.8) is 0 Å². The Bertz CT molecular complexity index is 1160. The van der Waals surface area contributed by atoms with Gasteiger partial charge in [0.1, 0.15) is 5.75 Å². The summed E-state index contributed by atoms with van der Waals surface area (Å²) in [6, 6.07) is 23.0. The van der Waals surface area contributed by atoms with Gasteiger partial charge in [-0.1, -0.05) is 55.9 Å². The molecule has 3 rings (SSSR count). The maximum absolute atomic E-state index is 13.0. The average Bonchev–Trinajstić information content (AvgIpc) is 2.79. The first kappa shape index (κ1) is 24.7. The zero-order valence-electron chi connectivity index (χ0n) is 18.8. The largest absolute Gasteiger partial charge is 0.481 e. The first-order valence-corrected chi connectivity index (χ1v) is 12.9. The number of anilines is 1. The summed E-state index contributed by atoms with van der Waals surface area (Å²) < 4.78 is 34.3. The number of nitrogens with one attached hydrogen (secondary N) is 2. The molecule has 0 radical (unpaired) electrons. The molecule has 0 heterocycles. The Morgan fingerprint density at radius 2 is 1.55 bits per heavy atom. The molecule has 174 valence electrons. The highest BCUT2D eigenvalue weighted by molar-refractivity contribution is 7.99. The summed E-state index contributed by atoms with van der Waals surface area (Å²) in [5.74, 6) is 0.546. The summed E-state index contributed by atoms with van der Waals surface area (Å²) in [4.78, 5) is 14.0. The van der Waals surface area contributed by atoms with Gasteiger partial charge >= 0.3 is 0 Å². The molecular weight excluding hydrogens is 456 g/mol. The van der Waals surface area contributed by atoms with Crippen molar-refractivity contribution in [3.05, 3.63) is 78.9 Å². The van der Waals surface area contributed by atoms with E-state index in [1.165, 1.54) is 23.9 Å². The van der Waals surface area contributed by atoms with Crippen LogP contribution in [0.25, 0.3) is 0 Å². The topological polar surface area (TPSA) is 84.5 Å². The Balaban J connectivity index is 1.68. The van der Waals surface area contributed by atoms with Gasteiger partial charge < -0.3 is 10.1 Å². The number of carbonyl (C=O) groups excluding carboxylic acids is 1. The van der Waals surface area contributed by atoms with Gasteiger partial charge in [0.25, 0.3) is 15.9 Å². The predicted octanol–water partition coefficient (Wildman–Crippen LogP) is 5.18. The fourth-order valence-electron chi connectivity index (χ4n) is 2.86. The van der Waals surface area contributed by atoms with Crippen LogP contribution >= 0.6 is 11.8 Å². The number of amides is 1. The molecule has 2 N–H and O–H groups in total. The second-order valence-electron chi connectivity index (χ2n) is 7.89. The van der Waals surface area contributed by atoms with E-state index in [9.17, 15) is 13.2 Å². The second kappa shape index (κ2) is 11.2. The van der Waals surface area contributed by atoms with Gasteiger partial charge in [-0.3, -0.25) is 9.52 Å². The highest BCUT2D eigenvalue weighted by atomic mass is 32.2. The summed E-state index contributed by atoms with van der Waals surface area (Å²) >= 11 is 1.48. The third kappa shape index (κ3) is 7.27. The highest BCUT2D eigenvalue weighted by Gasteiger charge is 2.18. The number of hydrogen-bond acceptors (Lipinski definition) is 5. The molecule has 0 bridgehead atoms. The SMILES string of the molecule is CC(C)CNC(=O)[C@H](C)Oc1ccc(S(=O)(=O)Nc2ccccc2Sc2ccccc2)cc1. The van der Waals surface area contributed by atoms with Crippen molar-refractivity contribution in [1.29, 1.82) is 0 Å². The van der Waals surface area contributed by atoms with Gasteiger partial charge in [-0.05, 0) is 61.4 Å². The van der Waals surface area contributed by atoms with Crippen LogP contribution in [0.5, 0.6) is 5.75 Å². The van der Waals surface area contributed by atoms with E-state index < -0.39 is 16.1 Å². The van der Waals surface area contributed by atoms with Crippen molar-refractivity contribution >= 4 is 33.4 Å². The van der Waals surface area contributed by atoms with E-state index in [4.69, 9.17) is 4.74 Å². The van der Waals surface area contributed by atoms with Gasteiger partial charge in [-0.2, -0.15) is 0 Å². The van der Waals surface area contributed by atoms with Crippen LogP contribution < -0.4 is 14.8 Å². The van der Waals surface area contributed by atoms with Crippen LogP contribution in [0.1, 0.15) is 20.8 Å². The summed E-state index contributed by atoms with van der Waals surface area (Å²) in [5, 5.41) is 2.82. The molecular formula is C25H28N2O4S2. The lowest BCUT2D eigenvalue weighted by Gasteiger charge is -2.16. The van der Waals surface area contributed by atoms with Crippen LogP contribution in [0, 0.1) is 5.92 Å². The molecule has 33 heavy (non-hydrogen) atoms. The fourth-order valence-corrected chi connectivity index (χ4v) is 4.93. The summed E-state index contributed by atoms with van der Waals surface area (Å²) in [5.41, 5.74) is 0.502. The predicted molar refractivity (Wildman–Crippen MR) is 132 cm³/mol. The third-order valence-electron chi connectivity index (χ3n) is 4.60. The molecule has 0 aromatic heterocycles. The van der Waals surface area contributed by atoms with Gasteiger partial charge in [-0.15, -0.1) is 0 Å². The molecule has 0 unspecified atom stereocenters. The molecule has 8 heteroatoms. The van der Waals surface area contributed by atoms with Crippen molar-refractivity contribution in [2.45, 2.75) is 41.6 Å². The molecule has 0 saturated carbocycles. The van der Waals surface area contributed by atoms with Crippen LogP contribution in [0.4, 0.5) is 5.69 Å². The minimum atomic E-state index is -3.81. The molecule has 6 nitrogen and oxygen atoms in total. The highest BCUT2D eigenvalue weighted by Crippen LogP contribution is 2.34. The van der Waals surface area contributed by atoms with Crippen LogP contribution in [0.3, 0.4) is 0 Å². The van der Waals surface area contributed by atoms with E-state index in [0.717, 1.165) is 9.79 Å². The van der Waals surface area contributed by atoms with Crippen LogP contribution in [-0.4, -0.2) is 27.0 Å². The number of sulfonamides is 1. The Morgan fingerprint density at radius 3 is 2.21 bits per heavy atom. The van der Waals surface area contributed by atoms with Crippen molar-refractivity contribution in [2.75, 3.05) is 11.3 Å². The molecule has 0 spiro atoms. The molecule has 3 aromatic rings. The average molecular weight is 485 g/mol. The summed E-state index contributed by atoms with van der Waals surface area (Å²) in [7, 11) is -3.81. The third-order valence-corrected chi connectivity index (χ3v) is 7.07. The molecule has 1 atom stereocenters. The van der Waals surface area contributed by atoms with Crippen LogP contribution in [0.15, 0.2) is 93.5 Å². The van der Waals surface area contributed by atoms with Crippen molar-refractivity contribution in [2.24, 2.45) is 5.92 Å². The maximum Gasteiger partial charge on any atom is 0.261 e. The van der Waals surface area contributed by atoms with E-state index >= 15 is 0 Å². The van der Waals surface area contributed by atoms with E-state index in [2.05, 4.69) is 10.0 Å². The van der Waals surface area contributed by atoms with Gasteiger partial charge in [0.15, 0.2) is 6.10 Å². The maximum atomic E-state index is 13.0. The van der Waals surface area contributed by atoms with Gasteiger partial charge in [0, 0.05) is 16.3 Å².